The molecule has 0 fully saturated rings. The van der Waals surface area contributed by atoms with Gasteiger partial charge in [-0.3, -0.25) is 0 Å². The monoisotopic (exact) mass is 205 g/mol. The Bertz CT molecular complexity index is 119. The Morgan fingerprint density at radius 2 is 1.92 bits per heavy atom. The molecule has 0 aliphatic heterocycles. The molecule has 1 atom stereocenters. The van der Waals surface area contributed by atoms with E-state index in [9.17, 15) is 0 Å². The van der Waals surface area contributed by atoms with Crippen molar-refractivity contribution in [3.63, 3.8) is 0 Å². The van der Waals surface area contributed by atoms with Crippen molar-refractivity contribution in [2.75, 3.05) is 32.5 Å². The maximum absolute atomic E-state index is 5.47. The summed E-state index contributed by atoms with van der Waals surface area (Å²) >= 11 is 4.26. The lowest BCUT2D eigenvalue weighted by molar-refractivity contribution is 0.0622. The van der Waals surface area contributed by atoms with Crippen LogP contribution < -0.4 is 0 Å². The van der Waals surface area contributed by atoms with E-state index >= 15 is 0 Å². The third-order valence-electron chi connectivity index (χ3n) is 1.86. The molecular formula is C10H23NOS. The van der Waals surface area contributed by atoms with Crippen LogP contribution in [0.4, 0.5) is 0 Å². The van der Waals surface area contributed by atoms with Gasteiger partial charge < -0.3 is 9.64 Å². The van der Waals surface area contributed by atoms with Crippen molar-refractivity contribution in [1.82, 2.24) is 4.90 Å². The molecule has 0 aromatic carbocycles. The van der Waals surface area contributed by atoms with E-state index in [1.165, 1.54) is 0 Å². The molecule has 2 nitrogen and oxygen atoms in total. The molecular weight excluding hydrogens is 182 g/mol. The van der Waals surface area contributed by atoms with E-state index in [0.717, 1.165) is 25.4 Å². The summed E-state index contributed by atoms with van der Waals surface area (Å²) in [7, 11) is 2.13. The smallest absolute Gasteiger partial charge is 0.0596 e. The quantitative estimate of drug-likeness (QED) is 0.637. The summed E-state index contributed by atoms with van der Waals surface area (Å²) < 4.78 is 5.47. The third-order valence-corrected chi connectivity index (χ3v) is 2.48. The van der Waals surface area contributed by atoms with Crippen LogP contribution in [0.5, 0.6) is 0 Å². The van der Waals surface area contributed by atoms with E-state index < -0.39 is 0 Å². The summed E-state index contributed by atoms with van der Waals surface area (Å²) in [6.07, 6.45) is 0.343. The van der Waals surface area contributed by atoms with Gasteiger partial charge in [-0.1, -0.05) is 6.92 Å². The number of hydrogen-bond donors (Lipinski definition) is 1. The SMILES string of the molecule is CC(CS)CN(C)CCOC(C)C. The fourth-order valence-electron chi connectivity index (χ4n) is 1.13. The van der Waals surface area contributed by atoms with Crippen LogP contribution in [0.3, 0.4) is 0 Å². The Balaban J connectivity index is 3.34. The van der Waals surface area contributed by atoms with E-state index in [1.807, 2.05) is 0 Å². The number of hydrogen-bond acceptors (Lipinski definition) is 3. The fraction of sp³-hybridized carbons (Fsp3) is 1.00. The van der Waals surface area contributed by atoms with Gasteiger partial charge in [-0.25, -0.2) is 0 Å². The summed E-state index contributed by atoms with van der Waals surface area (Å²) in [6.45, 7) is 9.29. The van der Waals surface area contributed by atoms with Gasteiger partial charge in [0.25, 0.3) is 0 Å². The summed E-state index contributed by atoms with van der Waals surface area (Å²) in [5.74, 6) is 1.61. The first-order valence-electron chi connectivity index (χ1n) is 4.97. The zero-order valence-electron chi connectivity index (χ0n) is 9.29. The van der Waals surface area contributed by atoms with Crippen LogP contribution in [0.15, 0.2) is 0 Å². The van der Waals surface area contributed by atoms with Crippen LogP contribution >= 0.6 is 12.6 Å². The second-order valence-corrected chi connectivity index (χ2v) is 4.33. The molecule has 0 aromatic heterocycles. The van der Waals surface area contributed by atoms with Gasteiger partial charge in [-0.05, 0) is 32.6 Å². The van der Waals surface area contributed by atoms with E-state index in [-0.39, 0.29) is 0 Å². The van der Waals surface area contributed by atoms with Gasteiger partial charge in [0.15, 0.2) is 0 Å². The van der Waals surface area contributed by atoms with E-state index in [0.29, 0.717) is 12.0 Å². The molecule has 1 unspecified atom stereocenters. The largest absolute Gasteiger partial charge is 0.377 e. The summed E-state index contributed by atoms with van der Waals surface area (Å²) in [5, 5.41) is 0. The van der Waals surface area contributed by atoms with E-state index in [4.69, 9.17) is 4.74 Å². The van der Waals surface area contributed by atoms with Crippen molar-refractivity contribution in [3.8, 4) is 0 Å². The van der Waals surface area contributed by atoms with Crippen LogP contribution in [0.2, 0.25) is 0 Å². The molecule has 80 valence electrons. The maximum Gasteiger partial charge on any atom is 0.0596 e. The van der Waals surface area contributed by atoms with Crippen molar-refractivity contribution < 1.29 is 4.74 Å². The highest BCUT2D eigenvalue weighted by Gasteiger charge is 2.04. The lowest BCUT2D eigenvalue weighted by Crippen LogP contribution is -2.29. The van der Waals surface area contributed by atoms with Crippen molar-refractivity contribution in [2.24, 2.45) is 5.92 Å². The zero-order valence-corrected chi connectivity index (χ0v) is 10.2. The molecule has 0 bridgehead atoms. The second-order valence-electron chi connectivity index (χ2n) is 3.97. The Morgan fingerprint density at radius 1 is 1.31 bits per heavy atom. The van der Waals surface area contributed by atoms with E-state index in [2.05, 4.69) is 45.3 Å². The zero-order chi connectivity index (χ0) is 10.3. The maximum atomic E-state index is 5.47. The number of likely N-dealkylation sites (N-methyl/N-ethyl adjacent to an activating group) is 1. The van der Waals surface area contributed by atoms with Crippen LogP contribution in [-0.4, -0.2) is 43.5 Å². The topological polar surface area (TPSA) is 12.5 Å². The predicted octanol–water partition coefficient (Wildman–Crippen LogP) is 1.91. The van der Waals surface area contributed by atoms with Crippen LogP contribution in [0.1, 0.15) is 20.8 Å². The number of ether oxygens (including phenoxy) is 1. The molecule has 0 heterocycles. The first-order valence-corrected chi connectivity index (χ1v) is 5.60. The van der Waals surface area contributed by atoms with Crippen molar-refractivity contribution in [1.29, 1.82) is 0 Å². The number of rotatable bonds is 7. The molecule has 0 amide bonds. The molecule has 0 saturated carbocycles. The minimum atomic E-state index is 0.343. The molecule has 0 radical (unpaired) electrons. The van der Waals surface area contributed by atoms with Gasteiger partial charge >= 0.3 is 0 Å². The molecule has 0 aliphatic carbocycles. The summed E-state index contributed by atoms with van der Waals surface area (Å²) in [6, 6.07) is 0. The second kappa shape index (κ2) is 7.65. The summed E-state index contributed by atoms with van der Waals surface area (Å²) in [4.78, 5) is 2.29. The highest BCUT2D eigenvalue weighted by molar-refractivity contribution is 7.80. The highest BCUT2D eigenvalue weighted by Crippen LogP contribution is 2.00. The lowest BCUT2D eigenvalue weighted by Gasteiger charge is -2.20. The Labute approximate surface area is 88.1 Å². The first kappa shape index (κ1) is 13.3. The van der Waals surface area contributed by atoms with Gasteiger partial charge in [0.1, 0.15) is 0 Å². The van der Waals surface area contributed by atoms with Gasteiger partial charge in [0, 0.05) is 13.1 Å². The predicted molar refractivity (Wildman–Crippen MR) is 61.6 cm³/mol. The first-order chi connectivity index (χ1) is 6.06. The Hall–Kier alpha value is 0.270. The number of thiol groups is 1. The van der Waals surface area contributed by atoms with Crippen molar-refractivity contribution >= 4 is 12.6 Å². The van der Waals surface area contributed by atoms with Gasteiger partial charge in [0.2, 0.25) is 0 Å². The molecule has 13 heavy (non-hydrogen) atoms. The fourth-order valence-corrected chi connectivity index (χ4v) is 1.24. The average Bonchev–Trinajstić information content (AvgIpc) is 2.03. The third kappa shape index (κ3) is 8.60. The number of nitrogens with zero attached hydrogens (tertiary/aromatic N) is 1. The van der Waals surface area contributed by atoms with Gasteiger partial charge in [-0.2, -0.15) is 12.6 Å². The average molecular weight is 205 g/mol. The van der Waals surface area contributed by atoms with Crippen LogP contribution in [0.25, 0.3) is 0 Å². The van der Waals surface area contributed by atoms with Crippen molar-refractivity contribution in [3.05, 3.63) is 0 Å². The molecule has 0 aliphatic rings. The Kier molecular flexibility index (Phi) is 7.81. The standard InChI is InChI=1S/C10H23NOS/c1-9(2)12-6-5-11(4)7-10(3)8-13/h9-10,13H,5-8H2,1-4H3. The molecule has 0 aromatic rings. The molecule has 0 N–H and O–H groups in total. The minimum absolute atomic E-state index is 0.343. The van der Waals surface area contributed by atoms with E-state index in [1.54, 1.807) is 0 Å². The Morgan fingerprint density at radius 3 is 2.38 bits per heavy atom. The summed E-state index contributed by atoms with van der Waals surface area (Å²) in [5.41, 5.74) is 0. The van der Waals surface area contributed by atoms with Crippen molar-refractivity contribution in [2.45, 2.75) is 26.9 Å². The molecule has 0 saturated heterocycles. The van der Waals surface area contributed by atoms with Crippen LogP contribution in [0, 0.1) is 5.92 Å². The normalized spacial score (nSPS) is 14.1. The lowest BCUT2D eigenvalue weighted by atomic mass is 10.2. The van der Waals surface area contributed by atoms with Crippen LogP contribution in [-0.2, 0) is 4.74 Å². The minimum Gasteiger partial charge on any atom is -0.377 e. The highest BCUT2D eigenvalue weighted by atomic mass is 32.1. The molecule has 0 rings (SSSR count). The molecule has 0 spiro atoms. The van der Waals surface area contributed by atoms with Gasteiger partial charge in [0.05, 0.1) is 12.7 Å². The molecule has 3 heteroatoms. The van der Waals surface area contributed by atoms with Gasteiger partial charge in [-0.15, -0.1) is 0 Å².